The number of rotatable bonds is 6. The van der Waals surface area contributed by atoms with Gasteiger partial charge in [0.15, 0.2) is 0 Å². The van der Waals surface area contributed by atoms with Crippen molar-refractivity contribution in [1.82, 2.24) is 24.8 Å². The van der Waals surface area contributed by atoms with Gasteiger partial charge in [-0.05, 0) is 56.1 Å². The Bertz CT molecular complexity index is 1530. The average Bonchev–Trinajstić information content (AvgIpc) is 3.74. The molecule has 7 rings (SSSR count). The number of carbonyl (C=O) groups excluding carboxylic acids is 1. The summed E-state index contributed by atoms with van der Waals surface area (Å²) >= 11 is 0. The SMILES string of the molecule is Cn1ccc2c(-c3ncc(Nc4ccc(C5CCOC5)c(CN5CCCC5)n4)c4c3CNC4=O)cccc21. The molecule has 2 saturated heterocycles. The number of likely N-dealkylation sites (tertiary alicyclic amines) is 1. The lowest BCUT2D eigenvalue weighted by Gasteiger charge is -2.20. The quantitative estimate of drug-likeness (QED) is 0.392. The normalized spacial score (nSPS) is 19.3. The second-order valence-electron chi connectivity index (χ2n) is 10.6. The van der Waals surface area contributed by atoms with Gasteiger partial charge in [0.05, 0.1) is 35.4 Å². The molecule has 194 valence electrons. The van der Waals surface area contributed by atoms with Gasteiger partial charge in [-0.15, -0.1) is 0 Å². The molecule has 1 atom stereocenters. The third-order valence-corrected chi connectivity index (χ3v) is 8.23. The van der Waals surface area contributed by atoms with E-state index in [1.54, 1.807) is 6.20 Å². The standard InChI is InChI=1S/C30H32N6O2/c1-35-13-9-21-22(5-4-6-26(21)35)29-23-15-32-30(37)28(23)24(16-31-29)33-27-8-7-20(19-10-14-38-18-19)25(34-27)17-36-11-2-3-12-36/h4-9,13,16,19H,2-3,10-12,14-15,17-18H2,1H3,(H,32,37)(H,33,34). The molecule has 4 aromatic rings. The Morgan fingerprint density at radius 1 is 1.16 bits per heavy atom. The zero-order valence-electron chi connectivity index (χ0n) is 21.7. The number of aromatic nitrogens is 3. The highest BCUT2D eigenvalue weighted by Crippen LogP contribution is 2.37. The van der Waals surface area contributed by atoms with Crippen LogP contribution in [0.2, 0.25) is 0 Å². The largest absolute Gasteiger partial charge is 0.381 e. The van der Waals surface area contributed by atoms with Crippen LogP contribution in [0.1, 0.15) is 52.4 Å². The summed E-state index contributed by atoms with van der Waals surface area (Å²) in [4.78, 5) is 25.5. The number of pyridine rings is 2. The van der Waals surface area contributed by atoms with E-state index in [2.05, 4.69) is 50.6 Å². The van der Waals surface area contributed by atoms with Gasteiger partial charge in [0, 0.05) is 60.9 Å². The first kappa shape index (κ1) is 23.4. The molecule has 3 aliphatic rings. The van der Waals surface area contributed by atoms with E-state index < -0.39 is 0 Å². The van der Waals surface area contributed by atoms with Gasteiger partial charge in [-0.25, -0.2) is 4.98 Å². The van der Waals surface area contributed by atoms with Gasteiger partial charge in [0.25, 0.3) is 5.91 Å². The summed E-state index contributed by atoms with van der Waals surface area (Å²) < 4.78 is 7.79. The number of nitrogens with one attached hydrogen (secondary N) is 2. The molecule has 8 nitrogen and oxygen atoms in total. The molecule has 3 aliphatic heterocycles. The van der Waals surface area contributed by atoms with E-state index in [1.165, 1.54) is 18.4 Å². The minimum atomic E-state index is -0.0802. The fourth-order valence-electron chi connectivity index (χ4n) is 6.23. The summed E-state index contributed by atoms with van der Waals surface area (Å²) in [5.41, 5.74) is 7.68. The lowest BCUT2D eigenvalue weighted by molar-refractivity contribution is 0.0966. The first-order valence-electron chi connectivity index (χ1n) is 13.6. The number of aryl methyl sites for hydroxylation is 1. The molecule has 38 heavy (non-hydrogen) atoms. The van der Waals surface area contributed by atoms with Crippen LogP contribution in [0.3, 0.4) is 0 Å². The number of benzene rings is 1. The Morgan fingerprint density at radius 3 is 2.89 bits per heavy atom. The Labute approximate surface area is 222 Å². The molecule has 0 spiro atoms. The van der Waals surface area contributed by atoms with Crippen LogP contribution < -0.4 is 10.6 Å². The molecule has 2 fully saturated rings. The zero-order chi connectivity index (χ0) is 25.6. The number of ether oxygens (including phenoxy) is 1. The first-order chi connectivity index (χ1) is 18.7. The van der Waals surface area contributed by atoms with E-state index >= 15 is 0 Å². The Morgan fingerprint density at radius 2 is 2.05 bits per heavy atom. The predicted molar refractivity (Wildman–Crippen MR) is 148 cm³/mol. The maximum absolute atomic E-state index is 13.0. The number of carbonyl (C=O) groups is 1. The van der Waals surface area contributed by atoms with E-state index in [-0.39, 0.29) is 5.91 Å². The Kier molecular flexibility index (Phi) is 5.86. The number of hydrogen-bond acceptors (Lipinski definition) is 6. The summed E-state index contributed by atoms with van der Waals surface area (Å²) in [5, 5.41) is 7.59. The van der Waals surface area contributed by atoms with Crippen LogP contribution in [-0.4, -0.2) is 51.6 Å². The molecule has 1 unspecified atom stereocenters. The summed E-state index contributed by atoms with van der Waals surface area (Å²) in [7, 11) is 2.04. The van der Waals surface area contributed by atoms with Gasteiger partial charge in [-0.1, -0.05) is 18.2 Å². The second kappa shape index (κ2) is 9.53. The molecule has 3 aromatic heterocycles. The van der Waals surface area contributed by atoms with Crippen LogP contribution in [0.4, 0.5) is 11.5 Å². The van der Waals surface area contributed by atoms with Gasteiger partial charge in [-0.2, -0.15) is 0 Å². The van der Waals surface area contributed by atoms with Gasteiger partial charge >= 0.3 is 0 Å². The summed E-state index contributed by atoms with van der Waals surface area (Å²) in [5.74, 6) is 1.05. The van der Waals surface area contributed by atoms with E-state index in [4.69, 9.17) is 14.7 Å². The number of anilines is 2. The van der Waals surface area contributed by atoms with Gasteiger partial charge < -0.3 is 19.9 Å². The molecular weight excluding hydrogens is 476 g/mol. The van der Waals surface area contributed by atoms with Crippen LogP contribution >= 0.6 is 0 Å². The molecular formula is C30H32N6O2. The lowest BCUT2D eigenvalue weighted by atomic mass is 9.96. The van der Waals surface area contributed by atoms with Crippen molar-refractivity contribution in [1.29, 1.82) is 0 Å². The highest BCUT2D eigenvalue weighted by molar-refractivity contribution is 6.07. The molecule has 0 saturated carbocycles. The van der Waals surface area contributed by atoms with Crippen LogP contribution in [0.25, 0.3) is 22.2 Å². The molecule has 2 N–H and O–H groups in total. The predicted octanol–water partition coefficient (Wildman–Crippen LogP) is 4.72. The van der Waals surface area contributed by atoms with Crippen LogP contribution in [0.15, 0.2) is 48.8 Å². The summed E-state index contributed by atoms with van der Waals surface area (Å²) in [6, 6.07) is 12.6. The van der Waals surface area contributed by atoms with Crippen molar-refractivity contribution < 1.29 is 9.53 Å². The minimum absolute atomic E-state index is 0.0802. The van der Waals surface area contributed by atoms with Crippen molar-refractivity contribution in [3.05, 3.63) is 71.2 Å². The molecule has 6 heterocycles. The topological polar surface area (TPSA) is 84.3 Å². The average molecular weight is 509 g/mol. The van der Waals surface area contributed by atoms with Crippen LogP contribution in [-0.2, 0) is 24.9 Å². The van der Waals surface area contributed by atoms with Crippen molar-refractivity contribution in [2.45, 2.75) is 38.3 Å². The van der Waals surface area contributed by atoms with E-state index in [0.29, 0.717) is 23.7 Å². The van der Waals surface area contributed by atoms with Crippen LogP contribution in [0.5, 0.6) is 0 Å². The molecule has 8 heteroatoms. The molecule has 1 amide bonds. The first-order valence-corrected chi connectivity index (χ1v) is 13.6. The number of nitrogens with zero attached hydrogens (tertiary/aromatic N) is 4. The van der Waals surface area contributed by atoms with Crippen molar-refractivity contribution in [3.63, 3.8) is 0 Å². The fraction of sp³-hybridized carbons (Fsp3) is 0.367. The molecule has 1 aromatic carbocycles. The molecule has 0 aliphatic carbocycles. The lowest BCUT2D eigenvalue weighted by Crippen LogP contribution is -2.21. The van der Waals surface area contributed by atoms with E-state index in [0.717, 1.165) is 78.5 Å². The van der Waals surface area contributed by atoms with E-state index in [9.17, 15) is 4.79 Å². The second-order valence-corrected chi connectivity index (χ2v) is 10.6. The molecule has 0 bridgehead atoms. The maximum Gasteiger partial charge on any atom is 0.254 e. The third kappa shape index (κ3) is 4.04. The van der Waals surface area contributed by atoms with Crippen molar-refractivity contribution in [3.8, 4) is 11.3 Å². The number of amides is 1. The monoisotopic (exact) mass is 508 g/mol. The number of hydrogen-bond donors (Lipinski definition) is 2. The third-order valence-electron chi connectivity index (χ3n) is 8.23. The van der Waals surface area contributed by atoms with Crippen molar-refractivity contribution in [2.24, 2.45) is 7.05 Å². The van der Waals surface area contributed by atoms with Crippen molar-refractivity contribution >= 4 is 28.3 Å². The van der Waals surface area contributed by atoms with Crippen LogP contribution in [0, 0.1) is 0 Å². The summed E-state index contributed by atoms with van der Waals surface area (Å²) in [6.07, 6.45) is 7.36. The van der Waals surface area contributed by atoms with Gasteiger partial charge in [-0.3, -0.25) is 14.7 Å². The smallest absolute Gasteiger partial charge is 0.254 e. The highest BCUT2D eigenvalue weighted by Gasteiger charge is 2.29. The maximum atomic E-state index is 13.0. The van der Waals surface area contributed by atoms with Crippen molar-refractivity contribution in [2.75, 3.05) is 31.6 Å². The Balaban J connectivity index is 1.26. The van der Waals surface area contributed by atoms with Gasteiger partial charge in [0.2, 0.25) is 0 Å². The highest BCUT2D eigenvalue weighted by atomic mass is 16.5. The van der Waals surface area contributed by atoms with Gasteiger partial charge in [0.1, 0.15) is 5.82 Å². The Hall–Kier alpha value is -3.75. The minimum Gasteiger partial charge on any atom is -0.381 e. The number of fused-ring (bicyclic) bond motifs is 2. The fourth-order valence-corrected chi connectivity index (χ4v) is 6.23. The van der Waals surface area contributed by atoms with E-state index in [1.807, 2.05) is 19.2 Å². The molecule has 0 radical (unpaired) electrons. The summed E-state index contributed by atoms with van der Waals surface area (Å²) in [6.45, 7) is 5.11. The zero-order valence-corrected chi connectivity index (χ0v) is 21.7.